The second kappa shape index (κ2) is 9.26. The zero-order valence-corrected chi connectivity index (χ0v) is 19.3. The largest absolute Gasteiger partial charge is 0.486 e. The van der Waals surface area contributed by atoms with E-state index in [0.717, 1.165) is 5.56 Å². The Morgan fingerprint density at radius 2 is 1.63 bits per heavy atom. The normalized spacial score (nSPS) is 11.4. The highest BCUT2D eigenvalue weighted by Crippen LogP contribution is 2.13. The van der Waals surface area contributed by atoms with Crippen molar-refractivity contribution in [2.75, 3.05) is 0 Å². The van der Waals surface area contributed by atoms with Crippen LogP contribution in [0.2, 0.25) is 0 Å². The molecule has 0 atom stereocenters. The monoisotopic (exact) mass is 465 g/mol. The fraction of sp³-hybridized carbons (Fsp3) is 0.111. The summed E-state index contributed by atoms with van der Waals surface area (Å²) in [6.07, 6.45) is 1.39. The molecule has 0 saturated heterocycles. The summed E-state index contributed by atoms with van der Waals surface area (Å²) in [5.74, 6) is 0.966. The first kappa shape index (κ1) is 22.1. The Labute approximate surface area is 200 Å². The Morgan fingerprint density at radius 1 is 0.914 bits per heavy atom. The van der Waals surface area contributed by atoms with Crippen LogP contribution in [0, 0.1) is 13.8 Å². The molecule has 174 valence electrons. The molecule has 0 aliphatic rings. The van der Waals surface area contributed by atoms with Crippen molar-refractivity contribution in [3.63, 3.8) is 0 Å². The highest BCUT2D eigenvalue weighted by atomic mass is 16.5. The van der Waals surface area contributed by atoms with E-state index in [-0.39, 0.29) is 17.7 Å². The minimum absolute atomic E-state index is 0.0289. The number of rotatable bonds is 6. The molecule has 0 saturated carbocycles. The van der Waals surface area contributed by atoms with Gasteiger partial charge in [-0.1, -0.05) is 48.0 Å². The molecule has 0 unspecified atom stereocenters. The number of H-pyrrole nitrogens is 1. The van der Waals surface area contributed by atoms with Crippen molar-refractivity contribution in [2.24, 2.45) is 5.10 Å². The number of benzene rings is 3. The van der Waals surface area contributed by atoms with E-state index in [0.29, 0.717) is 39.4 Å². The molecule has 8 nitrogen and oxygen atoms in total. The first-order valence-corrected chi connectivity index (χ1v) is 11.1. The summed E-state index contributed by atoms with van der Waals surface area (Å²) in [6, 6.07) is 23.9. The van der Waals surface area contributed by atoms with Gasteiger partial charge in [0.05, 0.1) is 28.4 Å². The quantitative estimate of drug-likeness (QED) is 0.384. The van der Waals surface area contributed by atoms with E-state index < -0.39 is 0 Å². The van der Waals surface area contributed by atoms with Gasteiger partial charge in [0.25, 0.3) is 11.1 Å². The van der Waals surface area contributed by atoms with Crippen LogP contribution in [0.25, 0.3) is 16.6 Å². The number of hydrogen-bond acceptors (Lipinski definition) is 5. The molecule has 0 aliphatic heterocycles. The number of aryl methyl sites for hydroxylation is 2. The lowest BCUT2D eigenvalue weighted by atomic mass is 10.2. The Balaban J connectivity index is 1.56. The molecule has 0 spiro atoms. The van der Waals surface area contributed by atoms with Gasteiger partial charge in [-0.2, -0.15) is 9.78 Å². The van der Waals surface area contributed by atoms with Crippen LogP contribution in [-0.4, -0.2) is 25.7 Å². The molecular formula is C27H23N5O3. The highest BCUT2D eigenvalue weighted by Gasteiger charge is 2.14. The summed E-state index contributed by atoms with van der Waals surface area (Å²) >= 11 is 0. The molecule has 0 radical (unpaired) electrons. The summed E-state index contributed by atoms with van der Waals surface area (Å²) in [7, 11) is 0. The lowest BCUT2D eigenvalue weighted by molar-refractivity contribution is 0.289. The summed E-state index contributed by atoms with van der Waals surface area (Å²) in [6.45, 7) is 3.80. The molecule has 2 aromatic heterocycles. The van der Waals surface area contributed by atoms with Crippen molar-refractivity contribution in [2.45, 2.75) is 20.5 Å². The Morgan fingerprint density at radius 3 is 2.40 bits per heavy atom. The first-order chi connectivity index (χ1) is 17.0. The molecule has 35 heavy (non-hydrogen) atoms. The van der Waals surface area contributed by atoms with E-state index in [2.05, 4.69) is 15.2 Å². The van der Waals surface area contributed by atoms with Crippen LogP contribution in [0.15, 0.2) is 93.6 Å². The van der Waals surface area contributed by atoms with Crippen LogP contribution in [0.3, 0.4) is 0 Å². The second-order valence-electron chi connectivity index (χ2n) is 8.14. The number of nitrogens with one attached hydrogen (secondary N) is 1. The third kappa shape index (κ3) is 4.41. The SMILES string of the molecule is Cc1ccc(-n2[nH]c(C)c(/C=N/n3c(COc4ccccc4)nc4ccccc4c3=O)c2=O)cc1. The van der Waals surface area contributed by atoms with Crippen molar-refractivity contribution in [1.29, 1.82) is 0 Å². The smallest absolute Gasteiger partial charge is 0.282 e. The topological polar surface area (TPSA) is 94.3 Å². The van der Waals surface area contributed by atoms with Crippen molar-refractivity contribution in [3.05, 3.63) is 122 Å². The number of nitrogens with zero attached hydrogens (tertiary/aromatic N) is 4. The van der Waals surface area contributed by atoms with Crippen LogP contribution >= 0.6 is 0 Å². The van der Waals surface area contributed by atoms with E-state index in [4.69, 9.17) is 4.74 Å². The van der Waals surface area contributed by atoms with E-state index in [1.807, 2.05) is 67.6 Å². The van der Waals surface area contributed by atoms with Gasteiger partial charge >= 0.3 is 0 Å². The third-order valence-electron chi connectivity index (χ3n) is 5.64. The maximum Gasteiger partial charge on any atom is 0.282 e. The van der Waals surface area contributed by atoms with Crippen molar-refractivity contribution < 1.29 is 4.74 Å². The van der Waals surface area contributed by atoms with Crippen LogP contribution < -0.4 is 15.9 Å². The lowest BCUT2D eigenvalue weighted by Gasteiger charge is -2.10. The first-order valence-electron chi connectivity index (χ1n) is 11.1. The predicted molar refractivity (Wildman–Crippen MR) is 136 cm³/mol. The van der Waals surface area contributed by atoms with Gasteiger partial charge in [-0.05, 0) is 50.2 Å². The lowest BCUT2D eigenvalue weighted by Crippen LogP contribution is -2.24. The average Bonchev–Trinajstić information content (AvgIpc) is 3.16. The van der Waals surface area contributed by atoms with Crippen LogP contribution in [0.4, 0.5) is 0 Å². The van der Waals surface area contributed by atoms with Gasteiger partial charge in [-0.25, -0.2) is 9.67 Å². The number of ether oxygens (including phenoxy) is 1. The molecule has 8 heteroatoms. The molecular weight excluding hydrogens is 442 g/mol. The fourth-order valence-corrected chi connectivity index (χ4v) is 3.75. The third-order valence-corrected chi connectivity index (χ3v) is 5.64. The molecule has 1 N–H and O–H groups in total. The zero-order chi connectivity index (χ0) is 24.4. The predicted octanol–water partition coefficient (Wildman–Crippen LogP) is 3.95. The van der Waals surface area contributed by atoms with E-state index in [1.54, 1.807) is 25.1 Å². The molecule has 5 aromatic rings. The summed E-state index contributed by atoms with van der Waals surface area (Å²) < 4.78 is 8.48. The summed E-state index contributed by atoms with van der Waals surface area (Å²) in [4.78, 5) is 31.0. The number of hydrogen-bond donors (Lipinski definition) is 1. The van der Waals surface area contributed by atoms with Crippen LogP contribution in [-0.2, 0) is 6.61 Å². The van der Waals surface area contributed by atoms with E-state index >= 15 is 0 Å². The van der Waals surface area contributed by atoms with E-state index in [9.17, 15) is 9.59 Å². The molecule has 0 amide bonds. The van der Waals surface area contributed by atoms with Crippen molar-refractivity contribution in [1.82, 2.24) is 19.4 Å². The van der Waals surface area contributed by atoms with Gasteiger partial charge in [-0.15, -0.1) is 0 Å². The standard InChI is InChI=1S/C27H23N5O3/c1-18-12-14-20(15-13-18)31-27(34)23(19(2)30-31)16-28-32-25(17-35-21-8-4-3-5-9-21)29-24-11-7-6-10-22(24)26(32)33/h3-16,30H,17H2,1-2H3/b28-16+. The fourth-order valence-electron chi connectivity index (χ4n) is 3.75. The van der Waals surface area contributed by atoms with Crippen LogP contribution in [0.5, 0.6) is 5.75 Å². The van der Waals surface area contributed by atoms with Gasteiger partial charge < -0.3 is 4.74 Å². The van der Waals surface area contributed by atoms with Gasteiger partial charge in [0.15, 0.2) is 5.82 Å². The molecule has 5 rings (SSSR count). The number of fused-ring (bicyclic) bond motifs is 1. The summed E-state index contributed by atoms with van der Waals surface area (Å²) in [5.41, 5.74) is 2.73. The van der Waals surface area contributed by atoms with Crippen LogP contribution in [0.1, 0.15) is 22.6 Å². The number of aromatic nitrogens is 4. The Bertz CT molecular complexity index is 1650. The molecule has 0 fully saturated rings. The molecule has 0 aliphatic carbocycles. The van der Waals surface area contributed by atoms with Gasteiger partial charge in [0.1, 0.15) is 12.4 Å². The number of aromatic amines is 1. The second-order valence-corrected chi connectivity index (χ2v) is 8.14. The van der Waals surface area contributed by atoms with Gasteiger partial charge in [-0.3, -0.25) is 14.7 Å². The maximum absolute atomic E-state index is 13.3. The van der Waals surface area contributed by atoms with Crippen molar-refractivity contribution in [3.8, 4) is 11.4 Å². The molecule has 3 aromatic carbocycles. The minimum Gasteiger partial charge on any atom is -0.486 e. The molecule has 0 bridgehead atoms. The maximum atomic E-state index is 13.3. The minimum atomic E-state index is -0.342. The van der Waals surface area contributed by atoms with E-state index in [1.165, 1.54) is 15.6 Å². The highest BCUT2D eigenvalue weighted by molar-refractivity contribution is 5.81. The van der Waals surface area contributed by atoms with Gasteiger partial charge in [0.2, 0.25) is 0 Å². The Hall–Kier alpha value is -4.72. The average molecular weight is 466 g/mol. The summed E-state index contributed by atoms with van der Waals surface area (Å²) in [5, 5.41) is 7.89. The number of para-hydroxylation sites is 2. The van der Waals surface area contributed by atoms with Gasteiger partial charge in [0, 0.05) is 5.69 Å². The molecule has 2 heterocycles. The Kier molecular flexibility index (Phi) is 5.85. The zero-order valence-electron chi connectivity index (χ0n) is 19.3. The van der Waals surface area contributed by atoms with Crippen molar-refractivity contribution >= 4 is 17.1 Å².